The van der Waals surface area contributed by atoms with Crippen LogP contribution in [0.4, 0.5) is 0 Å². The fourth-order valence-corrected chi connectivity index (χ4v) is 2.83. The molecule has 0 aromatic heterocycles. The number of ketones is 1. The molecule has 0 fully saturated rings. The number of Topliss-reactive ketones (excluding diaryl/α,β-unsaturated/α-hetero) is 1. The van der Waals surface area contributed by atoms with Gasteiger partial charge >= 0.3 is 0 Å². The van der Waals surface area contributed by atoms with E-state index in [1.807, 2.05) is 43.7 Å². The van der Waals surface area contributed by atoms with E-state index < -0.39 is 0 Å². The van der Waals surface area contributed by atoms with E-state index in [9.17, 15) is 4.79 Å². The van der Waals surface area contributed by atoms with E-state index in [1.165, 1.54) is 0 Å². The first-order valence-electron chi connectivity index (χ1n) is 4.38. The Bertz CT molecular complexity index is 295. The minimum Gasteiger partial charge on any atom is -0.293 e. The Morgan fingerprint density at radius 3 is 2.07 bits per heavy atom. The largest absolute Gasteiger partial charge is 0.293 e. The Hall–Kier alpha value is -0.410. The summed E-state index contributed by atoms with van der Waals surface area (Å²) in [6, 6.07) is 0. The van der Waals surface area contributed by atoms with Crippen LogP contribution < -0.4 is 0 Å². The molecule has 0 aromatic carbocycles. The third kappa shape index (κ3) is 2.55. The maximum atomic E-state index is 11.9. The molecular formula is C11H14OS2. The molecule has 14 heavy (non-hydrogen) atoms. The van der Waals surface area contributed by atoms with E-state index >= 15 is 0 Å². The van der Waals surface area contributed by atoms with Crippen LogP contribution in [0.15, 0.2) is 34.1 Å². The lowest BCUT2D eigenvalue weighted by Crippen LogP contribution is -2.10. The second kappa shape index (κ2) is 5.47. The van der Waals surface area contributed by atoms with Gasteiger partial charge in [0, 0.05) is 9.81 Å². The summed E-state index contributed by atoms with van der Waals surface area (Å²) in [5.74, 6) is 0.179. The summed E-state index contributed by atoms with van der Waals surface area (Å²) in [5, 5.41) is 0. The Morgan fingerprint density at radius 2 is 1.64 bits per heavy atom. The molecule has 0 spiro atoms. The molecule has 0 aliphatic heterocycles. The summed E-state index contributed by atoms with van der Waals surface area (Å²) in [7, 11) is 0. The van der Waals surface area contributed by atoms with Crippen molar-refractivity contribution in [3.63, 3.8) is 0 Å². The quantitative estimate of drug-likeness (QED) is 0.685. The van der Waals surface area contributed by atoms with Gasteiger partial charge < -0.3 is 0 Å². The van der Waals surface area contributed by atoms with Gasteiger partial charge in [0.2, 0.25) is 0 Å². The third-order valence-electron chi connectivity index (χ3n) is 2.10. The number of rotatable bonds is 4. The molecular weight excluding hydrogens is 212 g/mol. The molecule has 0 amide bonds. The molecule has 1 nitrogen and oxygen atoms in total. The number of allylic oxidation sites excluding steroid dienone is 5. The van der Waals surface area contributed by atoms with E-state index in [0.717, 1.165) is 9.81 Å². The van der Waals surface area contributed by atoms with Gasteiger partial charge in [0.1, 0.15) is 0 Å². The molecule has 0 unspecified atom stereocenters. The molecule has 3 heteroatoms. The fourth-order valence-electron chi connectivity index (χ4n) is 1.35. The van der Waals surface area contributed by atoms with Crippen molar-refractivity contribution in [2.75, 3.05) is 12.5 Å². The van der Waals surface area contributed by atoms with Crippen molar-refractivity contribution in [3.05, 3.63) is 34.1 Å². The standard InChI is InChI=1S/C11H14OS2/c1-8(11(13-2)14-3)10(12)9-6-4-5-7-9/h4-7,9H,1-3H3. The summed E-state index contributed by atoms with van der Waals surface area (Å²) in [5.41, 5.74) is 0.881. The number of carbonyl (C=O) groups excluding carboxylic acids is 1. The van der Waals surface area contributed by atoms with E-state index in [-0.39, 0.29) is 11.7 Å². The van der Waals surface area contributed by atoms with Crippen molar-refractivity contribution >= 4 is 29.3 Å². The minimum absolute atomic E-state index is 0.0377. The molecule has 0 saturated heterocycles. The Kier molecular flexibility index (Phi) is 4.55. The van der Waals surface area contributed by atoms with Crippen LogP contribution in [0.1, 0.15) is 6.92 Å². The van der Waals surface area contributed by atoms with Gasteiger partial charge in [0.15, 0.2) is 5.78 Å². The summed E-state index contributed by atoms with van der Waals surface area (Å²) >= 11 is 3.28. The molecule has 0 heterocycles. The molecule has 1 rings (SSSR count). The topological polar surface area (TPSA) is 17.1 Å². The number of hydrogen-bond acceptors (Lipinski definition) is 3. The Balaban J connectivity index is 2.82. The summed E-state index contributed by atoms with van der Waals surface area (Å²) in [6.45, 7) is 1.91. The predicted molar refractivity (Wildman–Crippen MR) is 66.5 cm³/mol. The van der Waals surface area contributed by atoms with Crippen LogP contribution in [0.3, 0.4) is 0 Å². The number of hydrogen-bond donors (Lipinski definition) is 0. The second-order valence-corrected chi connectivity index (χ2v) is 4.87. The fraction of sp³-hybridized carbons (Fsp3) is 0.364. The van der Waals surface area contributed by atoms with Crippen molar-refractivity contribution in [2.24, 2.45) is 5.92 Å². The highest BCUT2D eigenvalue weighted by Crippen LogP contribution is 2.29. The highest BCUT2D eigenvalue weighted by atomic mass is 32.2. The van der Waals surface area contributed by atoms with Crippen molar-refractivity contribution < 1.29 is 4.79 Å². The van der Waals surface area contributed by atoms with E-state index in [1.54, 1.807) is 23.5 Å². The molecule has 0 aromatic rings. The van der Waals surface area contributed by atoms with Crippen LogP contribution in [0.5, 0.6) is 0 Å². The normalized spacial score (nSPS) is 14.8. The lowest BCUT2D eigenvalue weighted by molar-refractivity contribution is -0.116. The number of carbonyl (C=O) groups is 1. The van der Waals surface area contributed by atoms with Gasteiger partial charge in [-0.2, -0.15) is 0 Å². The summed E-state index contributed by atoms with van der Waals surface area (Å²) < 4.78 is 1.11. The van der Waals surface area contributed by atoms with Gasteiger partial charge in [-0.25, -0.2) is 0 Å². The predicted octanol–water partition coefficient (Wildman–Crippen LogP) is 3.26. The van der Waals surface area contributed by atoms with Crippen LogP contribution in [-0.4, -0.2) is 18.3 Å². The highest BCUT2D eigenvalue weighted by molar-refractivity contribution is 8.21. The van der Waals surface area contributed by atoms with Crippen LogP contribution in [0.2, 0.25) is 0 Å². The first-order chi connectivity index (χ1) is 6.70. The number of thioether (sulfide) groups is 2. The summed E-state index contributed by atoms with van der Waals surface area (Å²) in [4.78, 5) is 11.9. The van der Waals surface area contributed by atoms with Gasteiger partial charge in [-0.3, -0.25) is 4.79 Å². The first kappa shape index (κ1) is 11.7. The lowest BCUT2D eigenvalue weighted by atomic mass is 10.0. The monoisotopic (exact) mass is 226 g/mol. The van der Waals surface area contributed by atoms with Crippen LogP contribution in [-0.2, 0) is 4.79 Å². The van der Waals surface area contributed by atoms with Gasteiger partial charge in [0.05, 0.1) is 5.92 Å². The van der Waals surface area contributed by atoms with Gasteiger partial charge in [-0.05, 0) is 19.4 Å². The van der Waals surface area contributed by atoms with Crippen LogP contribution >= 0.6 is 23.5 Å². The van der Waals surface area contributed by atoms with Gasteiger partial charge in [-0.1, -0.05) is 24.3 Å². The Morgan fingerprint density at radius 1 is 1.14 bits per heavy atom. The zero-order valence-corrected chi connectivity index (χ0v) is 10.2. The zero-order chi connectivity index (χ0) is 10.6. The van der Waals surface area contributed by atoms with Gasteiger partial charge in [-0.15, -0.1) is 23.5 Å². The average Bonchev–Trinajstić information content (AvgIpc) is 2.71. The molecule has 1 aliphatic carbocycles. The molecule has 0 radical (unpaired) electrons. The SMILES string of the molecule is CSC(SC)=C(C)C(=O)C1C=CC=C1. The molecule has 0 saturated carbocycles. The highest BCUT2D eigenvalue weighted by Gasteiger charge is 2.18. The second-order valence-electron chi connectivity index (χ2n) is 2.98. The molecule has 76 valence electrons. The van der Waals surface area contributed by atoms with Crippen molar-refractivity contribution in [2.45, 2.75) is 6.92 Å². The van der Waals surface area contributed by atoms with Crippen molar-refractivity contribution in [1.29, 1.82) is 0 Å². The maximum absolute atomic E-state index is 11.9. The Labute approximate surface area is 93.7 Å². The molecule has 1 aliphatic rings. The molecule has 0 N–H and O–H groups in total. The lowest BCUT2D eigenvalue weighted by Gasteiger charge is -2.08. The van der Waals surface area contributed by atoms with Crippen LogP contribution in [0.25, 0.3) is 0 Å². The summed E-state index contributed by atoms with van der Waals surface area (Å²) in [6.07, 6.45) is 11.7. The van der Waals surface area contributed by atoms with Crippen molar-refractivity contribution in [1.82, 2.24) is 0 Å². The smallest absolute Gasteiger partial charge is 0.170 e. The van der Waals surface area contributed by atoms with E-state index in [2.05, 4.69) is 0 Å². The third-order valence-corrected chi connectivity index (χ3v) is 4.45. The van der Waals surface area contributed by atoms with Crippen molar-refractivity contribution in [3.8, 4) is 0 Å². The minimum atomic E-state index is -0.0377. The zero-order valence-electron chi connectivity index (χ0n) is 8.61. The average molecular weight is 226 g/mol. The van der Waals surface area contributed by atoms with Gasteiger partial charge in [0.25, 0.3) is 0 Å². The molecule has 0 bridgehead atoms. The van der Waals surface area contributed by atoms with E-state index in [0.29, 0.717) is 0 Å². The first-order valence-corrected chi connectivity index (χ1v) is 6.83. The molecule has 0 atom stereocenters. The maximum Gasteiger partial charge on any atom is 0.170 e. The van der Waals surface area contributed by atoms with E-state index in [4.69, 9.17) is 0 Å². The van der Waals surface area contributed by atoms with Crippen LogP contribution in [0, 0.1) is 5.92 Å².